The van der Waals surface area contributed by atoms with Crippen LogP contribution < -0.4 is 103 Å². The van der Waals surface area contributed by atoms with E-state index in [0.29, 0.717) is 157 Å². The topological polar surface area (TPSA) is 290 Å². The summed E-state index contributed by atoms with van der Waals surface area (Å²) in [5.41, 5.74) is 17.9. The number of aryl methyl sites for hydroxylation is 1. The van der Waals surface area contributed by atoms with Crippen LogP contribution >= 0.6 is 46.4 Å². The molecule has 728 valence electrons. The summed E-state index contributed by atoms with van der Waals surface area (Å²) in [6, 6.07) is 54.2. The quantitative estimate of drug-likeness (QED) is 0.0103. The Hall–Kier alpha value is -15.9. The molecule has 0 atom stereocenters. The summed E-state index contributed by atoms with van der Waals surface area (Å²) >= 11 is 25.7. The normalized spacial score (nSPS) is 11.0. The molecule has 12 aromatic rings. The van der Waals surface area contributed by atoms with Gasteiger partial charge in [-0.05, 0) is 197 Å². The van der Waals surface area contributed by atoms with Crippen LogP contribution in [-0.2, 0) is 0 Å². The molecule has 140 heavy (non-hydrogen) atoms. The number of anilines is 5. The van der Waals surface area contributed by atoms with Crippen molar-refractivity contribution in [1.29, 1.82) is 0 Å². The fraction of sp³-hybridized carbons (Fsp3) is 0.156. The third-order valence-electron chi connectivity index (χ3n) is 20.4. The van der Waals surface area contributed by atoms with Gasteiger partial charge < -0.3 is 103 Å². The lowest BCUT2D eigenvalue weighted by atomic mass is 10.1. The van der Waals surface area contributed by atoms with Gasteiger partial charge in [-0.1, -0.05) is 149 Å². The molecule has 0 bridgehead atoms. The molecule has 0 amide bonds. The first-order valence-corrected chi connectivity index (χ1v) is 43.9. The molecule has 0 fully saturated rings. The minimum absolute atomic E-state index is 0.110. The molecule has 31 heteroatoms. The lowest BCUT2D eigenvalue weighted by Crippen LogP contribution is -2.01. The number of benzene rings is 12. The van der Waals surface area contributed by atoms with Crippen molar-refractivity contribution in [3.63, 3.8) is 0 Å². The number of carbonyl (C=O) groups is 4. The average Bonchev–Trinajstić information content (AvgIpc) is 0.826. The third-order valence-corrected chi connectivity index (χ3v) is 21.5. The Bertz CT molecular complexity index is 6320. The molecule has 0 heterocycles. The highest BCUT2D eigenvalue weighted by molar-refractivity contribution is 6.34. The van der Waals surface area contributed by atoms with Crippen molar-refractivity contribution in [2.24, 2.45) is 0 Å². The fourth-order valence-corrected chi connectivity index (χ4v) is 14.8. The molecule has 12 rings (SSSR count). The van der Waals surface area contributed by atoms with Crippen LogP contribution in [0, 0.1) is 18.6 Å². The Morgan fingerprint density at radius 1 is 0.257 bits per heavy atom. The smallest absolute Gasteiger partial charge is 0.203 e. The maximum absolute atomic E-state index is 13.4. The molecule has 12 aromatic carbocycles. The third kappa shape index (κ3) is 29.8. The number of halogens is 6. The number of hydrogen-bond acceptors (Lipinski definition) is 25. The Balaban J connectivity index is 0.000000209. The maximum Gasteiger partial charge on any atom is 0.203 e. The predicted octanol–water partition coefficient (Wildman–Crippen LogP) is 25.6. The van der Waals surface area contributed by atoms with Crippen LogP contribution in [-0.4, -0.2) is 137 Å². The molecule has 25 nitrogen and oxygen atoms in total. The van der Waals surface area contributed by atoms with E-state index in [2.05, 4.69) is 21.3 Å². The van der Waals surface area contributed by atoms with Crippen LogP contribution in [0.5, 0.6) is 92.0 Å². The monoisotopic (exact) mass is 1980 g/mol. The standard InChI is InChI=1S/C28H28ClNO5.2C27H25ClFNO5.C27H27ClN2O5/c1-18-6-10-21(11-7-18)24(31)12-13-30-23-15-19(14-22(29)27(23)34-4)8-9-20-16-25(32-2)28(35-5)26(17-20)33-3;1-32-24-15-18(16-25(33-2)27(24)35-4)6-5-17-13-21(28)26(34-3)22(14-17)30-12-11-23(31)19-7-9-20(29)10-8-19;1-32-24-14-18(15-25(33-2)27(24)35-4)9-8-17-12-21(28)26(34-3)22(13-17)30-11-10-23(31)19-6-5-7-20(29)16-19;1-32-24-15-18(16-25(33-2)27(24)35-4)10-9-17-13-20(28)26(34-3)22(14-17)30-12-11-23(31)19-7-5-6-8-21(19)29/h6-17,30H,1-5H3;2*5-16,30H,1-4H3;5-16,30H,29H2,1-4H3/b9-8-,13-12-;6-5-,12-11-;9-8-,11-10-;10-9-,12-11-. The summed E-state index contributed by atoms with van der Waals surface area (Å²) in [4.78, 5) is 49.5. The van der Waals surface area contributed by atoms with Crippen molar-refractivity contribution in [3.8, 4) is 92.0 Å². The van der Waals surface area contributed by atoms with Crippen molar-refractivity contribution >= 4 is 147 Å². The van der Waals surface area contributed by atoms with Gasteiger partial charge in [0, 0.05) is 77.0 Å². The molecule has 0 aromatic heterocycles. The second-order valence-corrected chi connectivity index (χ2v) is 31.0. The van der Waals surface area contributed by atoms with Gasteiger partial charge in [0.1, 0.15) is 11.6 Å². The van der Waals surface area contributed by atoms with Gasteiger partial charge in [0.25, 0.3) is 0 Å². The number of allylic oxidation sites excluding steroid dienone is 4. The van der Waals surface area contributed by atoms with E-state index in [-0.39, 0.29) is 28.7 Å². The van der Waals surface area contributed by atoms with E-state index in [1.807, 2.05) is 140 Å². The zero-order valence-electron chi connectivity index (χ0n) is 79.7. The van der Waals surface area contributed by atoms with E-state index >= 15 is 0 Å². The number of ketones is 4. The number of ether oxygens (including phenoxy) is 16. The highest BCUT2D eigenvalue weighted by Gasteiger charge is 2.21. The molecule has 0 radical (unpaired) electrons. The number of methoxy groups -OCH3 is 16. The van der Waals surface area contributed by atoms with Crippen LogP contribution in [0.15, 0.2) is 243 Å². The lowest BCUT2D eigenvalue weighted by molar-refractivity contribution is 0.103. The van der Waals surface area contributed by atoms with Crippen molar-refractivity contribution in [2.45, 2.75) is 6.92 Å². The molecule has 0 unspecified atom stereocenters. The molecule has 6 N–H and O–H groups in total. The largest absolute Gasteiger partial charge is 0.493 e. The molecule has 0 spiro atoms. The van der Waals surface area contributed by atoms with Crippen LogP contribution in [0.3, 0.4) is 0 Å². The van der Waals surface area contributed by atoms with Crippen LogP contribution in [0.25, 0.3) is 48.6 Å². The summed E-state index contributed by atoms with van der Waals surface area (Å²) < 4.78 is 113. The SMILES string of the molecule is COc1cc(/C=C\c2cc(Cl)c(OC)c(N/C=C\C(=O)c3ccc(C)cc3)c2)cc(OC)c1OC.COc1cc(/C=C\c2cc(Cl)c(OC)c(N/C=C\C(=O)c3ccc(F)cc3)c2)cc(OC)c1OC.COc1cc(/C=C\c2cc(Cl)c(OC)c(N/C=C\C(=O)c3cccc(F)c3)c2)cc(OC)c1OC.COc1cc(/C=C\c2cc(Cl)c(OC)c(N/C=C\C(=O)c3ccccc3N)c2)cc(OC)c1OC. The summed E-state index contributed by atoms with van der Waals surface area (Å²) in [6.45, 7) is 1.98. The number of nitrogen functional groups attached to an aromatic ring is 1. The van der Waals surface area contributed by atoms with E-state index in [1.165, 1.54) is 107 Å². The van der Waals surface area contributed by atoms with E-state index in [1.54, 1.807) is 165 Å². The maximum atomic E-state index is 13.4. The second kappa shape index (κ2) is 54.1. The van der Waals surface area contributed by atoms with Gasteiger partial charge in [0.2, 0.25) is 23.0 Å². The summed E-state index contributed by atoms with van der Waals surface area (Å²) in [6.07, 6.45) is 26.6. The predicted molar refractivity (Wildman–Crippen MR) is 555 cm³/mol. The number of nitrogens with two attached hydrogens (primary N) is 1. The molecule has 0 aliphatic rings. The van der Waals surface area contributed by atoms with Gasteiger partial charge in [-0.2, -0.15) is 0 Å². The molecular formula is C109H105Cl4F2N5O20. The molecule has 0 aliphatic heterocycles. The molecule has 0 saturated heterocycles. The van der Waals surface area contributed by atoms with E-state index in [4.69, 9.17) is 128 Å². The Kier molecular flexibility index (Phi) is 41.6. The molecule has 0 aliphatic carbocycles. The zero-order valence-corrected chi connectivity index (χ0v) is 82.7. The van der Waals surface area contributed by atoms with Crippen LogP contribution in [0.1, 0.15) is 91.5 Å². The van der Waals surface area contributed by atoms with Gasteiger partial charge in [-0.25, -0.2) is 8.78 Å². The van der Waals surface area contributed by atoms with Gasteiger partial charge in [-0.3, -0.25) is 19.2 Å². The second-order valence-electron chi connectivity index (χ2n) is 29.3. The van der Waals surface area contributed by atoms with E-state index in [0.717, 1.165) is 50.1 Å². The van der Waals surface area contributed by atoms with E-state index in [9.17, 15) is 28.0 Å². The van der Waals surface area contributed by atoms with Gasteiger partial charge in [0.15, 0.2) is 92.1 Å². The Morgan fingerprint density at radius 3 is 0.750 bits per heavy atom. The number of hydrogen-bond donors (Lipinski definition) is 5. The summed E-state index contributed by atoms with van der Waals surface area (Å²) in [5.74, 6) is 6.37. The number of para-hydroxylation sites is 1. The zero-order chi connectivity index (χ0) is 101. The number of nitrogens with one attached hydrogen (secondary N) is 4. The summed E-state index contributed by atoms with van der Waals surface area (Å²) in [7, 11) is 24.8. The first-order valence-electron chi connectivity index (χ1n) is 42.4. The van der Waals surface area contributed by atoms with Gasteiger partial charge in [0.05, 0.1) is 157 Å². The van der Waals surface area contributed by atoms with Crippen molar-refractivity contribution in [1.82, 2.24) is 0 Å². The van der Waals surface area contributed by atoms with Crippen molar-refractivity contribution in [2.75, 3.05) is 141 Å². The number of rotatable bonds is 40. The van der Waals surface area contributed by atoms with E-state index < -0.39 is 11.6 Å². The van der Waals surface area contributed by atoms with Crippen molar-refractivity contribution in [3.05, 3.63) is 347 Å². The minimum Gasteiger partial charge on any atom is -0.493 e. The fourth-order valence-electron chi connectivity index (χ4n) is 13.6. The van der Waals surface area contributed by atoms with Gasteiger partial charge in [-0.15, -0.1) is 0 Å². The average molecular weight is 1980 g/mol. The Labute approximate surface area is 832 Å². The van der Waals surface area contributed by atoms with Crippen LogP contribution in [0.4, 0.5) is 37.2 Å². The van der Waals surface area contributed by atoms with Crippen molar-refractivity contribution < 1.29 is 104 Å². The molecule has 0 saturated carbocycles. The number of carbonyl (C=O) groups excluding carboxylic acids is 4. The summed E-state index contributed by atoms with van der Waals surface area (Å²) in [5, 5.41) is 13.8. The molecular weight excluding hydrogens is 1880 g/mol. The minimum atomic E-state index is -0.475. The highest BCUT2D eigenvalue weighted by atomic mass is 35.5. The highest BCUT2D eigenvalue weighted by Crippen LogP contribution is 2.46. The van der Waals surface area contributed by atoms with Gasteiger partial charge >= 0.3 is 0 Å². The lowest BCUT2D eigenvalue weighted by Gasteiger charge is -2.13. The first kappa shape index (κ1) is 108. The Morgan fingerprint density at radius 2 is 0.500 bits per heavy atom. The first-order chi connectivity index (χ1) is 67.6. The van der Waals surface area contributed by atoms with Crippen LogP contribution in [0.2, 0.25) is 20.1 Å².